The Kier molecular flexibility index (Phi) is 12.3. The molecule has 10 heteroatoms. The minimum absolute atomic E-state index is 0.00353. The van der Waals surface area contributed by atoms with Crippen molar-refractivity contribution in [3.63, 3.8) is 0 Å². The van der Waals surface area contributed by atoms with Gasteiger partial charge >= 0.3 is 7.60 Å². The molecule has 0 aliphatic rings. The molecule has 4 N–H and O–H groups in total. The lowest BCUT2D eigenvalue weighted by Gasteiger charge is -2.30. The van der Waals surface area contributed by atoms with Gasteiger partial charge in [-0.3, -0.25) is 14.2 Å². The van der Waals surface area contributed by atoms with Gasteiger partial charge in [-0.25, -0.2) is 0 Å². The molecule has 0 saturated carbocycles. The fourth-order valence-electron chi connectivity index (χ4n) is 4.03. The van der Waals surface area contributed by atoms with Gasteiger partial charge in [0.1, 0.15) is 17.6 Å². The maximum Gasteiger partial charge on any atom is 0.353 e. The SMILES string of the molecule is CCOP(=O)(OCC)C(Cc1ccc(O)cc1)NC(=O)[C@H](Cc1ccccc1)NC(=O)[C@@H](NC)C(C)C. The van der Waals surface area contributed by atoms with Crippen LogP contribution in [-0.2, 0) is 36.0 Å². The van der Waals surface area contributed by atoms with Crippen LogP contribution in [0.1, 0.15) is 38.8 Å². The van der Waals surface area contributed by atoms with E-state index in [0.717, 1.165) is 11.1 Å². The van der Waals surface area contributed by atoms with Gasteiger partial charge in [0.2, 0.25) is 11.8 Å². The highest BCUT2D eigenvalue weighted by molar-refractivity contribution is 7.54. The van der Waals surface area contributed by atoms with Crippen LogP contribution in [0.4, 0.5) is 0 Å². The van der Waals surface area contributed by atoms with Gasteiger partial charge in [-0.2, -0.15) is 0 Å². The van der Waals surface area contributed by atoms with E-state index in [1.54, 1.807) is 33.0 Å². The number of carbonyl (C=O) groups excluding carboxylic acids is 2. The van der Waals surface area contributed by atoms with Crippen LogP contribution >= 0.6 is 7.60 Å². The van der Waals surface area contributed by atoms with Gasteiger partial charge in [-0.15, -0.1) is 0 Å². The van der Waals surface area contributed by atoms with Crippen molar-refractivity contribution in [1.82, 2.24) is 16.0 Å². The first-order valence-corrected chi connectivity index (χ1v) is 14.2. The van der Waals surface area contributed by atoms with E-state index in [1.807, 2.05) is 44.2 Å². The van der Waals surface area contributed by atoms with E-state index in [1.165, 1.54) is 12.1 Å². The maximum atomic E-state index is 13.8. The Balaban J connectivity index is 2.38. The zero-order chi connectivity index (χ0) is 27.4. The summed E-state index contributed by atoms with van der Waals surface area (Å²) < 4.78 is 24.9. The third-order valence-electron chi connectivity index (χ3n) is 5.85. The molecule has 2 aromatic rings. The first kappa shape index (κ1) is 30.5. The number of amides is 2. The lowest BCUT2D eigenvalue weighted by Crippen LogP contribution is -2.55. The molecular formula is C27H40N3O6P. The summed E-state index contributed by atoms with van der Waals surface area (Å²) in [5.74, 6) is -1.72. The quantitative estimate of drug-likeness (QED) is 0.258. The number of phenolic OH excluding ortho intramolecular Hbond substituents is 1. The second-order valence-corrected chi connectivity index (χ2v) is 11.3. The Morgan fingerprint density at radius 3 is 1.95 bits per heavy atom. The van der Waals surface area contributed by atoms with Crippen molar-refractivity contribution in [2.75, 3.05) is 20.3 Å². The summed E-state index contributed by atoms with van der Waals surface area (Å²) in [5, 5.41) is 18.4. The number of benzene rings is 2. The molecule has 0 aliphatic carbocycles. The van der Waals surface area contributed by atoms with Crippen molar-refractivity contribution in [3.05, 3.63) is 65.7 Å². The number of hydrogen-bond donors (Lipinski definition) is 4. The van der Waals surface area contributed by atoms with E-state index in [0.29, 0.717) is 0 Å². The highest BCUT2D eigenvalue weighted by Gasteiger charge is 2.38. The fourth-order valence-corrected chi connectivity index (χ4v) is 5.90. The Morgan fingerprint density at radius 1 is 0.865 bits per heavy atom. The minimum Gasteiger partial charge on any atom is -0.508 e. The largest absolute Gasteiger partial charge is 0.508 e. The van der Waals surface area contributed by atoms with E-state index in [2.05, 4.69) is 16.0 Å². The first-order valence-electron chi connectivity index (χ1n) is 12.6. The van der Waals surface area contributed by atoms with Crippen LogP contribution in [0.15, 0.2) is 54.6 Å². The summed E-state index contributed by atoms with van der Waals surface area (Å²) in [7, 11) is -2.08. The third-order valence-corrected chi connectivity index (χ3v) is 8.16. The molecule has 0 radical (unpaired) electrons. The molecule has 0 saturated heterocycles. The Morgan fingerprint density at radius 2 is 1.43 bits per heavy atom. The van der Waals surface area contributed by atoms with Crippen LogP contribution < -0.4 is 16.0 Å². The Hall–Kier alpha value is -2.71. The number of hydrogen-bond acceptors (Lipinski definition) is 7. The van der Waals surface area contributed by atoms with Crippen molar-refractivity contribution in [1.29, 1.82) is 0 Å². The van der Waals surface area contributed by atoms with Gasteiger partial charge in [0.25, 0.3) is 0 Å². The molecule has 204 valence electrons. The average Bonchev–Trinajstić information content (AvgIpc) is 2.85. The molecule has 9 nitrogen and oxygen atoms in total. The fraction of sp³-hybridized carbons (Fsp3) is 0.481. The van der Waals surface area contributed by atoms with Crippen LogP contribution in [0.5, 0.6) is 5.75 Å². The molecular weight excluding hydrogens is 493 g/mol. The van der Waals surface area contributed by atoms with Gasteiger partial charge in [0, 0.05) is 12.8 Å². The Labute approximate surface area is 219 Å². The zero-order valence-corrected chi connectivity index (χ0v) is 23.2. The summed E-state index contributed by atoms with van der Waals surface area (Å²) in [6.07, 6.45) is 0.382. The summed E-state index contributed by atoms with van der Waals surface area (Å²) in [6, 6.07) is 14.3. The van der Waals surface area contributed by atoms with Crippen LogP contribution in [0, 0.1) is 5.92 Å². The number of likely N-dealkylation sites (N-methyl/N-ethyl adjacent to an activating group) is 1. The second kappa shape index (κ2) is 14.9. The zero-order valence-electron chi connectivity index (χ0n) is 22.3. The molecule has 37 heavy (non-hydrogen) atoms. The van der Waals surface area contributed by atoms with Gasteiger partial charge in [-0.05, 0) is 50.1 Å². The minimum atomic E-state index is -3.78. The van der Waals surface area contributed by atoms with Crippen LogP contribution in [0.2, 0.25) is 0 Å². The van der Waals surface area contributed by atoms with Gasteiger partial charge < -0.3 is 30.1 Å². The van der Waals surface area contributed by atoms with Crippen molar-refractivity contribution >= 4 is 19.4 Å². The van der Waals surface area contributed by atoms with Crippen LogP contribution in [-0.4, -0.2) is 55.0 Å². The molecule has 2 amide bonds. The predicted molar refractivity (Wildman–Crippen MR) is 144 cm³/mol. The third kappa shape index (κ3) is 9.27. The maximum absolute atomic E-state index is 13.8. The van der Waals surface area contributed by atoms with Crippen LogP contribution in [0.3, 0.4) is 0 Å². The molecule has 0 fully saturated rings. The Bertz CT molecular complexity index is 1020. The summed E-state index contributed by atoms with van der Waals surface area (Å²) in [5.41, 5.74) is 1.59. The lowest BCUT2D eigenvalue weighted by molar-refractivity contribution is -0.130. The van der Waals surface area contributed by atoms with Crippen LogP contribution in [0.25, 0.3) is 0 Å². The van der Waals surface area contributed by atoms with E-state index in [-0.39, 0.29) is 43.6 Å². The van der Waals surface area contributed by atoms with Crippen molar-refractivity contribution in [2.24, 2.45) is 5.92 Å². The number of aromatic hydroxyl groups is 1. The van der Waals surface area contributed by atoms with E-state index < -0.39 is 31.4 Å². The summed E-state index contributed by atoms with van der Waals surface area (Å²) >= 11 is 0. The summed E-state index contributed by atoms with van der Waals surface area (Å²) in [6.45, 7) is 7.49. The summed E-state index contributed by atoms with van der Waals surface area (Å²) in [4.78, 5) is 26.7. The lowest BCUT2D eigenvalue weighted by atomic mass is 10.0. The van der Waals surface area contributed by atoms with E-state index >= 15 is 0 Å². The molecule has 0 spiro atoms. The van der Waals surface area contributed by atoms with Crippen molar-refractivity contribution in [2.45, 2.75) is 58.4 Å². The number of nitrogens with one attached hydrogen (secondary N) is 3. The molecule has 2 aromatic carbocycles. The standard InChI is InChI=1S/C27H40N3O6P/c1-6-35-37(34,36-7-2)24(18-21-13-15-22(31)16-14-21)30-26(32)23(17-20-11-9-8-10-12-20)29-27(33)25(28-5)19(3)4/h8-16,19,23-25,28,31H,6-7,17-18H2,1-5H3,(H,29,33)(H,30,32)/t23-,24?,25-/m0/s1. The van der Waals surface area contributed by atoms with Gasteiger partial charge in [-0.1, -0.05) is 56.3 Å². The highest BCUT2D eigenvalue weighted by atomic mass is 31.2. The topological polar surface area (TPSA) is 126 Å². The average molecular weight is 534 g/mol. The number of phenols is 1. The molecule has 0 heterocycles. The highest BCUT2D eigenvalue weighted by Crippen LogP contribution is 2.53. The van der Waals surface area contributed by atoms with Crippen molar-refractivity contribution in [3.8, 4) is 5.75 Å². The van der Waals surface area contributed by atoms with Crippen molar-refractivity contribution < 1.29 is 28.3 Å². The molecule has 1 unspecified atom stereocenters. The number of carbonyl (C=O) groups is 2. The molecule has 0 aromatic heterocycles. The van der Waals surface area contributed by atoms with Gasteiger partial charge in [0.15, 0.2) is 0 Å². The predicted octanol–water partition coefficient (Wildman–Crippen LogP) is 3.61. The normalized spacial score (nSPS) is 14.1. The molecule has 2 rings (SSSR count). The van der Waals surface area contributed by atoms with E-state index in [4.69, 9.17) is 9.05 Å². The smallest absolute Gasteiger partial charge is 0.353 e. The van der Waals surface area contributed by atoms with Gasteiger partial charge in [0.05, 0.1) is 19.3 Å². The monoisotopic (exact) mass is 533 g/mol. The first-order chi connectivity index (χ1) is 17.6. The van der Waals surface area contributed by atoms with E-state index in [9.17, 15) is 19.3 Å². The molecule has 0 bridgehead atoms. The molecule has 0 aliphatic heterocycles. The molecule has 3 atom stereocenters. The second-order valence-electron chi connectivity index (χ2n) is 9.03. The number of rotatable bonds is 15.